The highest BCUT2D eigenvalue weighted by Crippen LogP contribution is 2.27. The summed E-state index contributed by atoms with van der Waals surface area (Å²) in [6, 6.07) is 11.9. The van der Waals surface area contributed by atoms with Gasteiger partial charge in [-0.1, -0.05) is 17.3 Å². The van der Waals surface area contributed by atoms with Crippen LogP contribution in [-0.2, 0) is 22.6 Å². The molecule has 0 radical (unpaired) electrons. The van der Waals surface area contributed by atoms with Crippen molar-refractivity contribution in [2.75, 3.05) is 19.5 Å². The van der Waals surface area contributed by atoms with Crippen molar-refractivity contribution in [2.24, 2.45) is 0 Å². The van der Waals surface area contributed by atoms with E-state index in [1.807, 2.05) is 0 Å². The predicted molar refractivity (Wildman–Crippen MR) is 109 cm³/mol. The van der Waals surface area contributed by atoms with Crippen LogP contribution in [-0.4, -0.2) is 36.2 Å². The Hall–Kier alpha value is -3.40. The van der Waals surface area contributed by atoms with Crippen molar-refractivity contribution in [2.45, 2.75) is 13.0 Å². The van der Waals surface area contributed by atoms with Crippen molar-refractivity contribution in [3.05, 3.63) is 64.2 Å². The molecule has 0 aliphatic heterocycles. The van der Waals surface area contributed by atoms with Gasteiger partial charge in [0, 0.05) is 0 Å². The molecule has 30 heavy (non-hydrogen) atoms. The van der Waals surface area contributed by atoms with Crippen LogP contribution >= 0.6 is 15.9 Å². The fourth-order valence-electron chi connectivity index (χ4n) is 2.51. The van der Waals surface area contributed by atoms with Gasteiger partial charge in [-0.2, -0.15) is 4.98 Å². The Morgan fingerprint density at radius 3 is 2.67 bits per heavy atom. The minimum Gasteiger partial charge on any atom is -0.495 e. The van der Waals surface area contributed by atoms with Gasteiger partial charge in [0.05, 0.1) is 36.4 Å². The summed E-state index contributed by atoms with van der Waals surface area (Å²) in [4.78, 5) is 27.9. The normalized spacial score (nSPS) is 10.4. The number of hydrogen-bond acceptors (Lipinski definition) is 8. The molecule has 1 heterocycles. The first kappa shape index (κ1) is 21.3. The molecule has 0 saturated carbocycles. The molecule has 0 bridgehead atoms. The third kappa shape index (κ3) is 5.35. The molecule has 1 amide bonds. The lowest BCUT2D eigenvalue weighted by Gasteiger charge is -2.08. The highest BCUT2D eigenvalue weighted by atomic mass is 79.9. The van der Waals surface area contributed by atoms with Gasteiger partial charge in [-0.15, -0.1) is 0 Å². The summed E-state index contributed by atoms with van der Waals surface area (Å²) in [7, 11) is 2.84. The van der Waals surface area contributed by atoms with Gasteiger partial charge < -0.3 is 24.1 Å². The average Bonchev–Trinajstić information content (AvgIpc) is 3.19. The van der Waals surface area contributed by atoms with Crippen LogP contribution in [0, 0.1) is 0 Å². The third-order valence-corrected chi connectivity index (χ3v) is 4.53. The van der Waals surface area contributed by atoms with Crippen LogP contribution in [0.3, 0.4) is 0 Å². The Labute approximate surface area is 180 Å². The number of hydrogen-bond donors (Lipinski definition) is 1. The van der Waals surface area contributed by atoms with Gasteiger partial charge in [-0.05, 0) is 46.3 Å². The standard InChI is InChI=1S/C20H18BrN3O6/c1-27-16-6-4-3-5-14(16)22-18(25)10-17-23-19(30-24-17)11-29-15-8-7-12(9-13(15)21)20(26)28-2/h3-9H,10-11H2,1-2H3,(H,22,25). The van der Waals surface area contributed by atoms with Gasteiger partial charge in [-0.3, -0.25) is 4.79 Å². The van der Waals surface area contributed by atoms with E-state index in [2.05, 4.69) is 36.1 Å². The number of rotatable bonds is 8. The lowest BCUT2D eigenvalue weighted by atomic mass is 10.2. The number of para-hydroxylation sites is 2. The highest BCUT2D eigenvalue weighted by Gasteiger charge is 2.14. The molecular weight excluding hydrogens is 458 g/mol. The Morgan fingerprint density at radius 1 is 1.13 bits per heavy atom. The molecule has 156 valence electrons. The zero-order valence-corrected chi connectivity index (χ0v) is 17.8. The van der Waals surface area contributed by atoms with Crippen LogP contribution in [0.5, 0.6) is 11.5 Å². The van der Waals surface area contributed by atoms with Crippen molar-refractivity contribution in [1.82, 2.24) is 10.1 Å². The lowest BCUT2D eigenvalue weighted by molar-refractivity contribution is -0.115. The van der Waals surface area contributed by atoms with E-state index in [-0.39, 0.29) is 30.7 Å². The van der Waals surface area contributed by atoms with Gasteiger partial charge >= 0.3 is 5.97 Å². The maximum atomic E-state index is 12.2. The van der Waals surface area contributed by atoms with Crippen molar-refractivity contribution in [3.63, 3.8) is 0 Å². The second-order valence-electron chi connectivity index (χ2n) is 5.96. The van der Waals surface area contributed by atoms with Gasteiger partial charge in [0.1, 0.15) is 11.5 Å². The molecule has 9 nitrogen and oxygen atoms in total. The molecule has 0 unspecified atom stereocenters. The van der Waals surface area contributed by atoms with E-state index in [1.54, 1.807) is 42.5 Å². The summed E-state index contributed by atoms with van der Waals surface area (Å²) in [6.45, 7) is -0.00268. The fraction of sp³-hybridized carbons (Fsp3) is 0.200. The average molecular weight is 476 g/mol. The minimum absolute atomic E-state index is 0.00268. The molecule has 0 atom stereocenters. The van der Waals surface area contributed by atoms with Crippen LogP contribution in [0.2, 0.25) is 0 Å². The van der Waals surface area contributed by atoms with Crippen LogP contribution in [0.1, 0.15) is 22.1 Å². The number of aromatic nitrogens is 2. The van der Waals surface area contributed by atoms with Crippen molar-refractivity contribution in [3.8, 4) is 11.5 Å². The zero-order chi connectivity index (χ0) is 21.5. The van der Waals surface area contributed by atoms with E-state index in [4.69, 9.17) is 14.0 Å². The number of carbonyl (C=O) groups excluding carboxylic acids is 2. The number of esters is 1. The number of nitrogens with one attached hydrogen (secondary N) is 1. The number of halogens is 1. The molecule has 0 aliphatic rings. The van der Waals surface area contributed by atoms with Crippen LogP contribution in [0.15, 0.2) is 51.5 Å². The Bertz CT molecular complexity index is 1050. The second kappa shape index (κ2) is 9.88. The SMILES string of the molecule is COC(=O)c1ccc(OCc2nc(CC(=O)Nc3ccccc3OC)no2)c(Br)c1. The summed E-state index contributed by atoms with van der Waals surface area (Å²) in [5.41, 5.74) is 0.940. The minimum atomic E-state index is -0.449. The molecule has 10 heteroatoms. The topological polar surface area (TPSA) is 113 Å². The Morgan fingerprint density at radius 2 is 1.93 bits per heavy atom. The highest BCUT2D eigenvalue weighted by molar-refractivity contribution is 9.10. The molecule has 0 saturated heterocycles. The van der Waals surface area contributed by atoms with Gasteiger partial charge in [0.15, 0.2) is 12.4 Å². The molecular formula is C20H18BrN3O6. The molecule has 3 aromatic rings. The molecule has 0 spiro atoms. The van der Waals surface area contributed by atoms with E-state index in [0.29, 0.717) is 27.2 Å². The summed E-state index contributed by atoms with van der Waals surface area (Å²) >= 11 is 3.34. The smallest absolute Gasteiger partial charge is 0.337 e. The quantitative estimate of drug-likeness (QED) is 0.493. The van der Waals surface area contributed by atoms with E-state index >= 15 is 0 Å². The number of benzene rings is 2. The maximum absolute atomic E-state index is 12.2. The summed E-state index contributed by atoms with van der Waals surface area (Å²) < 4.78 is 21.2. The number of methoxy groups -OCH3 is 2. The first-order valence-corrected chi connectivity index (χ1v) is 9.54. The molecule has 2 aromatic carbocycles. The van der Waals surface area contributed by atoms with Crippen LogP contribution < -0.4 is 14.8 Å². The van der Waals surface area contributed by atoms with Crippen molar-refractivity contribution < 1.29 is 28.3 Å². The Kier molecular flexibility index (Phi) is 7.02. The first-order valence-electron chi connectivity index (χ1n) is 8.75. The van der Waals surface area contributed by atoms with E-state index in [0.717, 1.165) is 0 Å². The molecule has 0 aliphatic carbocycles. The number of ether oxygens (including phenoxy) is 3. The van der Waals surface area contributed by atoms with Gasteiger partial charge in [-0.25, -0.2) is 4.79 Å². The summed E-state index contributed by atoms with van der Waals surface area (Å²) in [6.07, 6.45) is -0.0704. The Balaban J connectivity index is 1.56. The third-order valence-electron chi connectivity index (χ3n) is 3.91. The molecule has 3 rings (SSSR count). The monoisotopic (exact) mass is 475 g/mol. The molecule has 1 aromatic heterocycles. The van der Waals surface area contributed by atoms with E-state index < -0.39 is 5.97 Å². The number of nitrogens with zero attached hydrogens (tertiary/aromatic N) is 2. The van der Waals surface area contributed by atoms with Gasteiger partial charge in [0.2, 0.25) is 5.91 Å². The fourth-order valence-corrected chi connectivity index (χ4v) is 3.00. The van der Waals surface area contributed by atoms with E-state index in [9.17, 15) is 9.59 Å². The van der Waals surface area contributed by atoms with Crippen LogP contribution in [0.4, 0.5) is 5.69 Å². The number of amides is 1. The lowest BCUT2D eigenvalue weighted by Crippen LogP contribution is -2.15. The first-order chi connectivity index (χ1) is 14.5. The maximum Gasteiger partial charge on any atom is 0.337 e. The zero-order valence-electron chi connectivity index (χ0n) is 16.2. The second-order valence-corrected chi connectivity index (χ2v) is 6.81. The van der Waals surface area contributed by atoms with Crippen LogP contribution in [0.25, 0.3) is 0 Å². The van der Waals surface area contributed by atoms with Crippen molar-refractivity contribution >= 4 is 33.5 Å². The number of carbonyl (C=O) groups is 2. The largest absolute Gasteiger partial charge is 0.495 e. The predicted octanol–water partition coefficient (Wildman–Crippen LogP) is 3.39. The van der Waals surface area contributed by atoms with Gasteiger partial charge in [0.25, 0.3) is 5.89 Å². The van der Waals surface area contributed by atoms with Crippen molar-refractivity contribution in [1.29, 1.82) is 0 Å². The summed E-state index contributed by atoms with van der Waals surface area (Å²) in [5.74, 6) is 0.706. The molecule has 1 N–H and O–H groups in total. The van der Waals surface area contributed by atoms with E-state index in [1.165, 1.54) is 14.2 Å². The summed E-state index contributed by atoms with van der Waals surface area (Å²) in [5, 5.41) is 6.54. The number of anilines is 1. The molecule has 0 fully saturated rings.